The fourth-order valence-corrected chi connectivity index (χ4v) is 6.57. The third-order valence-electron chi connectivity index (χ3n) is 7.58. The molecule has 12 nitrogen and oxygen atoms in total. The molecule has 1 saturated heterocycles. The summed E-state index contributed by atoms with van der Waals surface area (Å²) >= 11 is 0. The molecule has 1 N–H and O–H groups in total. The van der Waals surface area contributed by atoms with Gasteiger partial charge < -0.3 is 19.3 Å². The van der Waals surface area contributed by atoms with Crippen LogP contribution in [0.5, 0.6) is 5.75 Å². The number of ether oxygens (including phenoxy) is 1. The molecular weight excluding hydrogens is 536 g/mol. The van der Waals surface area contributed by atoms with E-state index in [9.17, 15) is 23.1 Å². The van der Waals surface area contributed by atoms with E-state index in [-0.39, 0.29) is 12.3 Å². The third-order valence-corrected chi connectivity index (χ3v) is 9.40. The van der Waals surface area contributed by atoms with Crippen molar-refractivity contribution in [1.29, 1.82) is 0 Å². The van der Waals surface area contributed by atoms with E-state index in [0.717, 1.165) is 56.6 Å². The lowest BCUT2D eigenvalue weighted by Crippen LogP contribution is -2.50. The van der Waals surface area contributed by atoms with Crippen molar-refractivity contribution in [2.45, 2.75) is 43.2 Å². The zero-order valence-corrected chi connectivity index (χ0v) is 24.3. The van der Waals surface area contributed by atoms with Gasteiger partial charge in [-0.25, -0.2) is 18.2 Å². The molecule has 1 fully saturated rings. The lowest BCUT2D eigenvalue weighted by Gasteiger charge is -2.35. The molecule has 3 aromatic rings. The lowest BCUT2D eigenvalue weighted by molar-refractivity contribution is 0.0626. The number of hydrogen-bond donors (Lipinski definition) is 1. The number of sulfone groups is 1. The highest BCUT2D eigenvalue weighted by Gasteiger charge is 2.22. The summed E-state index contributed by atoms with van der Waals surface area (Å²) in [5.41, 5.74) is -0.265. The van der Waals surface area contributed by atoms with Gasteiger partial charge in [0.2, 0.25) is 0 Å². The zero-order valence-electron chi connectivity index (χ0n) is 23.5. The smallest absolute Gasteiger partial charge is 0.332 e. The zero-order chi connectivity index (χ0) is 28.9. The number of unbranched alkanes of at least 4 members (excludes halogenated alkanes) is 3. The van der Waals surface area contributed by atoms with E-state index in [2.05, 4.69) is 14.8 Å². The van der Waals surface area contributed by atoms with Crippen molar-refractivity contribution in [2.75, 3.05) is 52.1 Å². The van der Waals surface area contributed by atoms with Crippen molar-refractivity contribution in [3.8, 4) is 5.75 Å². The number of β-amino-alcohol motifs (C(OH)–C–C–N with tert-alkyl or cyclic N) is 1. The van der Waals surface area contributed by atoms with E-state index in [1.807, 2.05) is 0 Å². The minimum atomic E-state index is -3.28. The molecule has 0 amide bonds. The van der Waals surface area contributed by atoms with Gasteiger partial charge in [0.15, 0.2) is 21.0 Å². The summed E-state index contributed by atoms with van der Waals surface area (Å²) in [4.78, 5) is 34.6. The van der Waals surface area contributed by atoms with E-state index < -0.39 is 27.2 Å². The lowest BCUT2D eigenvalue weighted by atomic mass is 10.2. The van der Waals surface area contributed by atoms with Gasteiger partial charge in [0, 0.05) is 46.8 Å². The van der Waals surface area contributed by atoms with Crippen LogP contribution in [0.3, 0.4) is 0 Å². The van der Waals surface area contributed by atoms with Gasteiger partial charge >= 0.3 is 5.69 Å². The predicted octanol–water partition coefficient (Wildman–Crippen LogP) is 0.455. The number of aromatic nitrogens is 4. The van der Waals surface area contributed by atoms with Crippen LogP contribution in [0.15, 0.2) is 45.1 Å². The summed E-state index contributed by atoms with van der Waals surface area (Å²) in [7, 11) is 1.55. The molecule has 3 heterocycles. The van der Waals surface area contributed by atoms with Crippen LogP contribution in [0.4, 0.5) is 0 Å². The molecule has 0 saturated carbocycles. The van der Waals surface area contributed by atoms with Crippen LogP contribution in [-0.2, 0) is 30.5 Å². The van der Waals surface area contributed by atoms with Crippen molar-refractivity contribution in [3.63, 3.8) is 0 Å². The van der Waals surface area contributed by atoms with Crippen LogP contribution in [0.1, 0.15) is 25.7 Å². The second-order valence-corrected chi connectivity index (χ2v) is 12.6. The van der Waals surface area contributed by atoms with Crippen LogP contribution in [0.25, 0.3) is 11.2 Å². The Labute approximate surface area is 234 Å². The Hall–Kier alpha value is -3.00. The van der Waals surface area contributed by atoms with Crippen LogP contribution >= 0.6 is 0 Å². The van der Waals surface area contributed by atoms with Gasteiger partial charge in [-0.05, 0) is 43.7 Å². The number of fused-ring (bicyclic) bond motifs is 1. The molecule has 0 aliphatic carbocycles. The monoisotopic (exact) mass is 576 g/mol. The highest BCUT2D eigenvalue weighted by atomic mass is 32.2. The van der Waals surface area contributed by atoms with Crippen LogP contribution in [0.2, 0.25) is 0 Å². The Morgan fingerprint density at radius 3 is 2.27 bits per heavy atom. The van der Waals surface area contributed by atoms with Crippen molar-refractivity contribution in [1.82, 2.24) is 28.5 Å². The number of aliphatic hydroxyl groups is 1. The number of piperazine rings is 1. The Morgan fingerprint density at radius 2 is 1.60 bits per heavy atom. The van der Waals surface area contributed by atoms with Gasteiger partial charge in [0.05, 0.1) is 36.7 Å². The molecule has 1 aliphatic rings. The second-order valence-electron chi connectivity index (χ2n) is 10.5. The first-order chi connectivity index (χ1) is 19.1. The van der Waals surface area contributed by atoms with Gasteiger partial charge in [-0.2, -0.15) is 0 Å². The molecule has 0 spiro atoms. The highest BCUT2D eigenvalue weighted by Crippen LogP contribution is 2.18. The molecule has 4 rings (SSSR count). The molecule has 1 aliphatic heterocycles. The molecule has 220 valence electrons. The maximum atomic E-state index is 12.9. The summed E-state index contributed by atoms with van der Waals surface area (Å²) in [6.45, 7) is 4.62. The molecule has 40 heavy (non-hydrogen) atoms. The maximum Gasteiger partial charge on any atom is 0.332 e. The van der Waals surface area contributed by atoms with Gasteiger partial charge in [0.1, 0.15) is 5.75 Å². The molecule has 1 atom stereocenters. The number of rotatable bonds is 13. The topological polar surface area (TPSA) is 132 Å². The maximum absolute atomic E-state index is 12.9. The summed E-state index contributed by atoms with van der Waals surface area (Å²) in [5, 5.41) is 10.7. The van der Waals surface area contributed by atoms with Crippen molar-refractivity contribution >= 4 is 21.0 Å². The first kappa shape index (κ1) is 30.0. The molecule has 13 heteroatoms. The molecule has 0 radical (unpaired) electrons. The number of aliphatic hydroxyl groups excluding tert-OH is 1. The number of methoxy groups -OCH3 is 1. The fourth-order valence-electron chi connectivity index (χ4n) is 5.20. The average molecular weight is 577 g/mol. The molecule has 0 bridgehead atoms. The number of hydrogen-bond acceptors (Lipinski definition) is 9. The minimum Gasteiger partial charge on any atom is -0.497 e. The largest absolute Gasteiger partial charge is 0.497 e. The quantitative estimate of drug-likeness (QED) is 0.288. The summed E-state index contributed by atoms with van der Waals surface area (Å²) in [6.07, 6.45) is 4.14. The predicted molar refractivity (Wildman–Crippen MR) is 153 cm³/mol. The molecule has 1 unspecified atom stereocenters. The molecule has 2 aromatic heterocycles. The van der Waals surface area contributed by atoms with E-state index in [4.69, 9.17) is 4.74 Å². The van der Waals surface area contributed by atoms with Gasteiger partial charge in [-0.1, -0.05) is 12.8 Å². The van der Waals surface area contributed by atoms with Crippen molar-refractivity contribution < 1.29 is 18.3 Å². The van der Waals surface area contributed by atoms with Crippen molar-refractivity contribution in [3.05, 3.63) is 51.4 Å². The number of benzene rings is 1. The van der Waals surface area contributed by atoms with E-state index >= 15 is 0 Å². The highest BCUT2D eigenvalue weighted by molar-refractivity contribution is 7.91. The summed E-state index contributed by atoms with van der Waals surface area (Å²) in [5.74, 6) is 0.785. The third kappa shape index (κ3) is 7.00. The minimum absolute atomic E-state index is 0.0684. The molecular formula is C27H40N6O6S. The molecule has 1 aromatic carbocycles. The van der Waals surface area contributed by atoms with E-state index in [0.29, 0.717) is 34.8 Å². The first-order valence-electron chi connectivity index (χ1n) is 13.7. The SMILES string of the molecule is COc1ccc(S(=O)(=O)CCCCCCN2CCN(CC(O)Cn3c(=O)c4c(ncn4C)n(C)c3=O)CC2)cc1. The first-order valence-corrected chi connectivity index (χ1v) is 15.4. The Balaban J connectivity index is 1.15. The summed E-state index contributed by atoms with van der Waals surface area (Å²) < 4.78 is 34.1. The van der Waals surface area contributed by atoms with E-state index in [1.165, 1.54) is 10.9 Å². The Morgan fingerprint density at radius 1 is 0.950 bits per heavy atom. The fraction of sp³-hybridized carbons (Fsp3) is 0.593. The van der Waals surface area contributed by atoms with Gasteiger partial charge in [0.25, 0.3) is 5.56 Å². The second kappa shape index (κ2) is 13.1. The normalized spacial score (nSPS) is 16.0. The average Bonchev–Trinajstić information content (AvgIpc) is 3.34. The number of imidazole rings is 1. The summed E-state index contributed by atoms with van der Waals surface area (Å²) in [6, 6.07) is 6.52. The number of nitrogens with zero attached hydrogens (tertiary/aromatic N) is 6. The van der Waals surface area contributed by atoms with Crippen LogP contribution in [-0.4, -0.2) is 100 Å². The van der Waals surface area contributed by atoms with E-state index in [1.54, 1.807) is 50.0 Å². The van der Waals surface area contributed by atoms with Gasteiger partial charge in [-0.3, -0.25) is 18.8 Å². The van der Waals surface area contributed by atoms with Gasteiger partial charge in [-0.15, -0.1) is 0 Å². The Bertz CT molecular complexity index is 1500. The number of aryl methyl sites for hydroxylation is 2. The Kier molecular flexibility index (Phi) is 9.82. The standard InChI is InChI=1S/C27H40N6O6S/c1-29-20-28-25-24(29)26(35)33(27(36)30(25)2)19-21(34)18-32-15-13-31(14-16-32)12-6-4-5-7-17-40(37,38)23-10-8-22(39-3)9-11-23/h8-11,20-21,34H,4-7,12-19H2,1-3H3. The van der Waals surface area contributed by atoms with Crippen LogP contribution < -0.4 is 16.0 Å². The van der Waals surface area contributed by atoms with Crippen LogP contribution in [0, 0.1) is 0 Å². The van der Waals surface area contributed by atoms with Crippen molar-refractivity contribution in [2.24, 2.45) is 14.1 Å².